The van der Waals surface area contributed by atoms with Gasteiger partial charge in [0.15, 0.2) is 6.61 Å². The predicted molar refractivity (Wildman–Crippen MR) is 86.3 cm³/mol. The van der Waals surface area contributed by atoms with Crippen molar-refractivity contribution in [2.75, 3.05) is 6.61 Å². The average molecular weight is 317 g/mol. The zero-order valence-corrected chi connectivity index (χ0v) is 12.5. The number of carbonyl (C=O) groups is 1. The summed E-state index contributed by atoms with van der Waals surface area (Å²) in [5, 5.41) is 15.2. The van der Waals surface area contributed by atoms with Gasteiger partial charge >= 0.3 is 0 Å². The molecule has 0 atom stereocenters. The first-order valence-corrected chi connectivity index (χ1v) is 7.25. The van der Waals surface area contributed by atoms with Gasteiger partial charge in [0.05, 0.1) is 16.8 Å². The number of amides is 1. The van der Waals surface area contributed by atoms with Crippen molar-refractivity contribution in [2.45, 2.75) is 0 Å². The van der Waals surface area contributed by atoms with E-state index < -0.39 is 5.91 Å². The van der Waals surface area contributed by atoms with E-state index in [1.807, 2.05) is 17.5 Å². The molecule has 22 heavy (non-hydrogen) atoms. The van der Waals surface area contributed by atoms with Crippen molar-refractivity contribution < 1.29 is 14.7 Å². The molecule has 0 saturated carbocycles. The Morgan fingerprint density at radius 1 is 1.36 bits per heavy atom. The van der Waals surface area contributed by atoms with Gasteiger partial charge in [-0.3, -0.25) is 15.1 Å². The van der Waals surface area contributed by atoms with Crippen LogP contribution in [0.1, 0.15) is 10.4 Å². The highest BCUT2D eigenvalue weighted by atomic mass is 32.1. The number of hydrazone groups is 1. The summed E-state index contributed by atoms with van der Waals surface area (Å²) < 4.78 is 0. The molecule has 7 heteroatoms. The number of hydroxylamine groups is 1. The Bertz CT molecular complexity index is 668. The van der Waals surface area contributed by atoms with Crippen LogP contribution >= 0.6 is 11.3 Å². The summed E-state index contributed by atoms with van der Waals surface area (Å²) in [6.07, 6.45) is 1.35. The van der Waals surface area contributed by atoms with Crippen molar-refractivity contribution in [3.63, 3.8) is 0 Å². The highest BCUT2D eigenvalue weighted by Crippen LogP contribution is 2.15. The fourth-order valence-electron chi connectivity index (χ4n) is 1.49. The Kier molecular flexibility index (Phi) is 5.70. The number of nitrogens with zero attached hydrogens (tertiary/aromatic N) is 1. The molecule has 0 radical (unpaired) electrons. The van der Waals surface area contributed by atoms with Gasteiger partial charge in [-0.25, -0.2) is 5.43 Å². The van der Waals surface area contributed by atoms with Crippen LogP contribution in [0.4, 0.5) is 0 Å². The van der Waals surface area contributed by atoms with E-state index in [0.717, 1.165) is 4.88 Å². The SMILES string of the molecule is C=C(NOCC(=O)N/N=C/c1ccccc1O)c1cccs1. The van der Waals surface area contributed by atoms with Crippen molar-refractivity contribution in [3.05, 3.63) is 58.8 Å². The molecule has 0 aliphatic carbocycles. The number of benzene rings is 1. The topological polar surface area (TPSA) is 83.0 Å². The number of phenols is 1. The van der Waals surface area contributed by atoms with Crippen molar-refractivity contribution in [1.29, 1.82) is 0 Å². The van der Waals surface area contributed by atoms with Crippen LogP contribution < -0.4 is 10.9 Å². The smallest absolute Gasteiger partial charge is 0.268 e. The van der Waals surface area contributed by atoms with E-state index in [-0.39, 0.29) is 12.4 Å². The molecular weight excluding hydrogens is 302 g/mol. The molecule has 0 aliphatic rings. The van der Waals surface area contributed by atoms with Gasteiger partial charge in [0.1, 0.15) is 5.75 Å². The third kappa shape index (κ3) is 4.72. The second-order valence-electron chi connectivity index (χ2n) is 4.20. The molecule has 3 N–H and O–H groups in total. The Morgan fingerprint density at radius 2 is 2.18 bits per heavy atom. The number of phenolic OH excluding ortho intramolecular Hbond substituents is 1. The van der Waals surface area contributed by atoms with Gasteiger partial charge in [-0.2, -0.15) is 5.10 Å². The molecule has 114 valence electrons. The highest BCUT2D eigenvalue weighted by Gasteiger charge is 2.03. The molecule has 2 rings (SSSR count). The summed E-state index contributed by atoms with van der Waals surface area (Å²) in [7, 11) is 0. The summed E-state index contributed by atoms with van der Waals surface area (Å²) in [4.78, 5) is 17.5. The van der Waals surface area contributed by atoms with Gasteiger partial charge in [-0.15, -0.1) is 11.3 Å². The minimum absolute atomic E-state index is 0.0886. The molecule has 0 unspecified atom stereocenters. The van der Waals surface area contributed by atoms with Crippen LogP contribution in [-0.2, 0) is 9.63 Å². The number of nitrogens with one attached hydrogen (secondary N) is 2. The molecule has 0 spiro atoms. The van der Waals surface area contributed by atoms with Gasteiger partial charge in [-0.05, 0) is 23.6 Å². The monoisotopic (exact) mass is 317 g/mol. The summed E-state index contributed by atoms with van der Waals surface area (Å²) in [6, 6.07) is 10.4. The Balaban J connectivity index is 1.70. The average Bonchev–Trinajstić information content (AvgIpc) is 3.03. The lowest BCUT2D eigenvalue weighted by Gasteiger charge is -2.07. The van der Waals surface area contributed by atoms with Crippen LogP contribution in [0.25, 0.3) is 5.70 Å². The van der Waals surface area contributed by atoms with E-state index in [9.17, 15) is 9.90 Å². The third-order valence-corrected chi connectivity index (χ3v) is 3.48. The van der Waals surface area contributed by atoms with E-state index >= 15 is 0 Å². The van der Waals surface area contributed by atoms with E-state index in [4.69, 9.17) is 4.84 Å². The number of rotatable bonds is 7. The lowest BCUT2D eigenvalue weighted by Crippen LogP contribution is -2.26. The fourth-order valence-corrected chi connectivity index (χ4v) is 2.14. The van der Waals surface area contributed by atoms with E-state index in [2.05, 4.69) is 22.6 Å². The van der Waals surface area contributed by atoms with Crippen molar-refractivity contribution >= 4 is 29.2 Å². The number of carbonyl (C=O) groups excluding carboxylic acids is 1. The molecule has 1 aromatic carbocycles. The summed E-state index contributed by atoms with van der Waals surface area (Å²) in [5.41, 5.74) is 5.98. The lowest BCUT2D eigenvalue weighted by atomic mass is 10.2. The van der Waals surface area contributed by atoms with E-state index in [0.29, 0.717) is 11.3 Å². The molecule has 0 aliphatic heterocycles. The van der Waals surface area contributed by atoms with Crippen LogP contribution in [0.3, 0.4) is 0 Å². The number of hydrogen-bond acceptors (Lipinski definition) is 6. The van der Waals surface area contributed by atoms with Crippen molar-refractivity contribution in [2.24, 2.45) is 5.10 Å². The summed E-state index contributed by atoms with van der Waals surface area (Å²) in [6.45, 7) is 3.57. The van der Waals surface area contributed by atoms with Crippen LogP contribution in [-0.4, -0.2) is 23.8 Å². The number of hydrogen-bond donors (Lipinski definition) is 3. The second-order valence-corrected chi connectivity index (χ2v) is 5.15. The van der Waals surface area contributed by atoms with E-state index in [1.54, 1.807) is 18.2 Å². The number of para-hydroxylation sites is 1. The van der Waals surface area contributed by atoms with Crippen LogP contribution in [0.15, 0.2) is 53.5 Å². The van der Waals surface area contributed by atoms with Crippen LogP contribution in [0.2, 0.25) is 0 Å². The second kappa shape index (κ2) is 7.96. The maximum Gasteiger partial charge on any atom is 0.268 e. The first kappa shape index (κ1) is 15.7. The minimum Gasteiger partial charge on any atom is -0.507 e. The maximum atomic E-state index is 11.5. The summed E-state index contributed by atoms with van der Waals surface area (Å²) in [5.74, 6) is -0.344. The highest BCUT2D eigenvalue weighted by molar-refractivity contribution is 7.11. The molecular formula is C15H15N3O3S. The van der Waals surface area contributed by atoms with Crippen LogP contribution in [0, 0.1) is 0 Å². The standard InChI is InChI=1S/C15H15N3O3S/c1-11(14-7-4-8-22-14)18-21-10-15(20)17-16-9-12-5-2-3-6-13(12)19/h2-9,18-19H,1,10H2,(H,17,20)/b16-9+. The first-order valence-electron chi connectivity index (χ1n) is 6.37. The normalized spacial score (nSPS) is 10.5. The summed E-state index contributed by atoms with van der Waals surface area (Å²) >= 11 is 1.51. The Hall–Kier alpha value is -2.64. The molecule has 2 aromatic rings. The quantitative estimate of drug-likeness (QED) is 0.539. The van der Waals surface area contributed by atoms with Crippen LogP contribution in [0.5, 0.6) is 5.75 Å². The largest absolute Gasteiger partial charge is 0.507 e. The maximum absolute atomic E-state index is 11.5. The molecule has 1 aromatic heterocycles. The fraction of sp³-hybridized carbons (Fsp3) is 0.0667. The molecule has 6 nitrogen and oxygen atoms in total. The van der Waals surface area contributed by atoms with Gasteiger partial charge in [0.25, 0.3) is 5.91 Å². The predicted octanol–water partition coefficient (Wildman–Crippen LogP) is 2.10. The van der Waals surface area contributed by atoms with Gasteiger partial charge < -0.3 is 5.11 Å². The third-order valence-electron chi connectivity index (χ3n) is 2.55. The molecule has 1 amide bonds. The Morgan fingerprint density at radius 3 is 2.91 bits per heavy atom. The Labute approximate surface area is 131 Å². The van der Waals surface area contributed by atoms with Gasteiger partial charge in [-0.1, -0.05) is 24.8 Å². The van der Waals surface area contributed by atoms with Gasteiger partial charge in [0, 0.05) is 5.56 Å². The first-order chi connectivity index (χ1) is 10.7. The minimum atomic E-state index is -0.432. The number of thiophene rings is 1. The molecule has 0 fully saturated rings. The van der Waals surface area contributed by atoms with Crippen molar-refractivity contribution in [1.82, 2.24) is 10.9 Å². The van der Waals surface area contributed by atoms with Gasteiger partial charge in [0.2, 0.25) is 0 Å². The molecule has 0 saturated heterocycles. The number of aromatic hydroxyl groups is 1. The zero-order chi connectivity index (χ0) is 15.8. The lowest BCUT2D eigenvalue weighted by molar-refractivity contribution is -0.127. The van der Waals surface area contributed by atoms with E-state index in [1.165, 1.54) is 23.6 Å². The molecule has 1 heterocycles. The molecule has 0 bridgehead atoms. The van der Waals surface area contributed by atoms with Crippen molar-refractivity contribution in [3.8, 4) is 5.75 Å². The zero-order valence-electron chi connectivity index (χ0n) is 11.7.